The molecule has 0 radical (unpaired) electrons. The molecule has 0 aromatic heterocycles. The number of amides is 2. The summed E-state index contributed by atoms with van der Waals surface area (Å²) < 4.78 is 0. The highest BCUT2D eigenvalue weighted by Gasteiger charge is 2.25. The zero-order valence-electron chi connectivity index (χ0n) is 17.3. The Balaban J connectivity index is 1.69. The Labute approximate surface area is 167 Å². The van der Waals surface area contributed by atoms with Gasteiger partial charge in [-0.15, -0.1) is 0 Å². The van der Waals surface area contributed by atoms with Gasteiger partial charge in [0.25, 0.3) is 5.91 Å². The standard InChI is InChI=1S/C24H30N2O2/c1-17(27)26-16-6-5-7-22(26)18-8-10-19(11-9-18)23(28)25-21-14-12-20(13-15-21)24(2,3)4/h8-15,22H,5-7,16H2,1-4H3,(H,25,28). The van der Waals surface area contributed by atoms with Crippen LogP contribution in [0.5, 0.6) is 0 Å². The highest BCUT2D eigenvalue weighted by Crippen LogP contribution is 2.31. The number of hydrogen-bond acceptors (Lipinski definition) is 2. The maximum atomic E-state index is 12.6. The molecule has 2 aromatic rings. The third-order valence-corrected chi connectivity index (χ3v) is 5.47. The van der Waals surface area contributed by atoms with Gasteiger partial charge in [0, 0.05) is 24.7 Å². The molecule has 2 aromatic carbocycles. The maximum absolute atomic E-state index is 12.6. The Hall–Kier alpha value is -2.62. The van der Waals surface area contributed by atoms with Crippen LogP contribution in [0.4, 0.5) is 5.69 Å². The number of rotatable bonds is 3. The third kappa shape index (κ3) is 4.61. The second-order valence-corrected chi connectivity index (χ2v) is 8.63. The zero-order valence-corrected chi connectivity index (χ0v) is 17.3. The average molecular weight is 379 g/mol. The van der Waals surface area contributed by atoms with Crippen LogP contribution in [0.15, 0.2) is 48.5 Å². The third-order valence-electron chi connectivity index (χ3n) is 5.47. The molecule has 148 valence electrons. The molecule has 3 rings (SSSR count). The molecule has 4 heteroatoms. The average Bonchev–Trinajstić information content (AvgIpc) is 2.68. The molecular formula is C24H30N2O2. The van der Waals surface area contributed by atoms with Gasteiger partial charge in [-0.3, -0.25) is 9.59 Å². The molecule has 2 amide bonds. The van der Waals surface area contributed by atoms with Crippen molar-refractivity contribution in [1.29, 1.82) is 0 Å². The first-order valence-electron chi connectivity index (χ1n) is 10.0. The van der Waals surface area contributed by atoms with Crippen LogP contribution in [-0.2, 0) is 10.2 Å². The largest absolute Gasteiger partial charge is 0.336 e. The maximum Gasteiger partial charge on any atom is 0.255 e. The molecule has 1 aliphatic rings. The number of nitrogens with zero attached hydrogens (tertiary/aromatic N) is 1. The van der Waals surface area contributed by atoms with E-state index in [9.17, 15) is 9.59 Å². The fourth-order valence-electron chi connectivity index (χ4n) is 3.77. The lowest BCUT2D eigenvalue weighted by molar-refractivity contribution is -0.132. The van der Waals surface area contributed by atoms with Crippen LogP contribution < -0.4 is 5.32 Å². The van der Waals surface area contributed by atoms with Gasteiger partial charge >= 0.3 is 0 Å². The van der Waals surface area contributed by atoms with Crippen LogP contribution >= 0.6 is 0 Å². The SMILES string of the molecule is CC(=O)N1CCCCC1c1ccc(C(=O)Nc2ccc(C(C)(C)C)cc2)cc1. The number of carbonyl (C=O) groups is 2. The summed E-state index contributed by atoms with van der Waals surface area (Å²) in [6.45, 7) is 8.95. The van der Waals surface area contributed by atoms with Crippen LogP contribution in [0.3, 0.4) is 0 Å². The zero-order chi connectivity index (χ0) is 20.3. The monoisotopic (exact) mass is 378 g/mol. The number of piperidine rings is 1. The van der Waals surface area contributed by atoms with Gasteiger partial charge in [-0.2, -0.15) is 0 Å². The van der Waals surface area contributed by atoms with E-state index in [-0.39, 0.29) is 23.3 Å². The molecule has 0 bridgehead atoms. The lowest BCUT2D eigenvalue weighted by Crippen LogP contribution is -2.36. The van der Waals surface area contributed by atoms with Crippen molar-refractivity contribution in [2.24, 2.45) is 0 Å². The van der Waals surface area contributed by atoms with Gasteiger partial charge in [0.15, 0.2) is 0 Å². The number of likely N-dealkylation sites (tertiary alicyclic amines) is 1. The van der Waals surface area contributed by atoms with Crippen LogP contribution in [0.25, 0.3) is 0 Å². The van der Waals surface area contributed by atoms with Crippen LogP contribution in [-0.4, -0.2) is 23.3 Å². The van der Waals surface area contributed by atoms with Gasteiger partial charge in [0.2, 0.25) is 5.91 Å². The highest BCUT2D eigenvalue weighted by molar-refractivity contribution is 6.04. The molecular weight excluding hydrogens is 348 g/mol. The molecule has 1 heterocycles. The molecule has 0 spiro atoms. The highest BCUT2D eigenvalue weighted by atomic mass is 16.2. The number of carbonyl (C=O) groups excluding carboxylic acids is 2. The van der Waals surface area contributed by atoms with E-state index in [0.29, 0.717) is 5.56 Å². The van der Waals surface area contributed by atoms with E-state index in [1.165, 1.54) is 5.56 Å². The Morgan fingerprint density at radius 1 is 0.964 bits per heavy atom. The lowest BCUT2D eigenvalue weighted by atomic mass is 9.87. The van der Waals surface area contributed by atoms with Crippen LogP contribution in [0.2, 0.25) is 0 Å². The minimum Gasteiger partial charge on any atom is -0.336 e. The molecule has 1 atom stereocenters. The summed E-state index contributed by atoms with van der Waals surface area (Å²) in [5.41, 5.74) is 3.83. The minimum absolute atomic E-state index is 0.0885. The van der Waals surface area contributed by atoms with Gasteiger partial charge in [0.05, 0.1) is 6.04 Å². The smallest absolute Gasteiger partial charge is 0.255 e. The second kappa shape index (κ2) is 8.17. The predicted molar refractivity (Wildman–Crippen MR) is 114 cm³/mol. The van der Waals surface area contributed by atoms with E-state index in [2.05, 4.69) is 38.2 Å². The fourth-order valence-corrected chi connectivity index (χ4v) is 3.77. The summed E-state index contributed by atoms with van der Waals surface area (Å²) in [7, 11) is 0. The van der Waals surface area contributed by atoms with Gasteiger partial charge in [-0.25, -0.2) is 0 Å². The summed E-state index contributed by atoms with van der Waals surface area (Å²) in [6, 6.07) is 15.8. The van der Waals surface area contributed by atoms with Crippen molar-refractivity contribution in [1.82, 2.24) is 4.90 Å². The molecule has 1 fully saturated rings. The quantitative estimate of drug-likeness (QED) is 0.787. The molecule has 0 saturated carbocycles. The van der Waals surface area contributed by atoms with E-state index in [0.717, 1.165) is 37.1 Å². The summed E-state index contributed by atoms with van der Waals surface area (Å²) in [4.78, 5) is 26.4. The van der Waals surface area contributed by atoms with Gasteiger partial charge in [-0.1, -0.05) is 45.0 Å². The lowest BCUT2D eigenvalue weighted by Gasteiger charge is -2.35. The van der Waals surface area contributed by atoms with E-state index in [1.54, 1.807) is 6.92 Å². The van der Waals surface area contributed by atoms with E-state index >= 15 is 0 Å². The topological polar surface area (TPSA) is 49.4 Å². The summed E-state index contributed by atoms with van der Waals surface area (Å²) >= 11 is 0. The molecule has 28 heavy (non-hydrogen) atoms. The first-order valence-corrected chi connectivity index (χ1v) is 10.0. The predicted octanol–water partition coefficient (Wildman–Crippen LogP) is 5.31. The van der Waals surface area contributed by atoms with Gasteiger partial charge in [-0.05, 0) is 60.1 Å². The Morgan fingerprint density at radius 3 is 2.18 bits per heavy atom. The molecule has 1 unspecified atom stereocenters. The minimum atomic E-state index is -0.123. The number of nitrogens with one attached hydrogen (secondary N) is 1. The van der Waals surface area contributed by atoms with E-state index < -0.39 is 0 Å². The van der Waals surface area contributed by atoms with Crippen molar-refractivity contribution in [2.75, 3.05) is 11.9 Å². The number of benzene rings is 2. The van der Waals surface area contributed by atoms with Crippen molar-refractivity contribution in [3.05, 3.63) is 65.2 Å². The van der Waals surface area contributed by atoms with Crippen LogP contribution in [0.1, 0.15) is 74.5 Å². The van der Waals surface area contributed by atoms with Crippen molar-refractivity contribution >= 4 is 17.5 Å². The molecule has 1 saturated heterocycles. The summed E-state index contributed by atoms with van der Waals surface area (Å²) in [6.07, 6.45) is 3.16. The first-order chi connectivity index (χ1) is 13.3. The van der Waals surface area contributed by atoms with Crippen molar-refractivity contribution in [3.8, 4) is 0 Å². The number of anilines is 1. The molecule has 1 N–H and O–H groups in total. The van der Waals surface area contributed by atoms with Crippen LogP contribution in [0, 0.1) is 0 Å². The Bertz CT molecular complexity index is 832. The molecule has 4 nitrogen and oxygen atoms in total. The number of hydrogen-bond donors (Lipinski definition) is 1. The summed E-state index contributed by atoms with van der Waals surface area (Å²) in [5.74, 6) is -0.00708. The summed E-state index contributed by atoms with van der Waals surface area (Å²) in [5, 5.41) is 2.96. The van der Waals surface area contributed by atoms with E-state index in [4.69, 9.17) is 0 Å². The van der Waals surface area contributed by atoms with Crippen molar-refractivity contribution < 1.29 is 9.59 Å². The Kier molecular flexibility index (Phi) is 5.87. The molecule has 0 aliphatic carbocycles. The molecule has 1 aliphatic heterocycles. The van der Waals surface area contributed by atoms with E-state index in [1.807, 2.05) is 41.3 Å². The Morgan fingerprint density at radius 2 is 1.61 bits per heavy atom. The van der Waals surface area contributed by atoms with Crippen molar-refractivity contribution in [2.45, 2.75) is 58.4 Å². The van der Waals surface area contributed by atoms with Gasteiger partial charge in [0.1, 0.15) is 0 Å². The van der Waals surface area contributed by atoms with Crippen molar-refractivity contribution in [3.63, 3.8) is 0 Å². The fraction of sp³-hybridized carbons (Fsp3) is 0.417. The first kappa shape index (κ1) is 20.1. The van der Waals surface area contributed by atoms with Gasteiger partial charge < -0.3 is 10.2 Å². The normalized spacial score (nSPS) is 17.3. The second-order valence-electron chi connectivity index (χ2n) is 8.63.